The van der Waals surface area contributed by atoms with Crippen LogP contribution in [-0.2, 0) is 6.54 Å². The lowest BCUT2D eigenvalue weighted by Crippen LogP contribution is -2.48. The number of methoxy groups -OCH3 is 2. The molecule has 1 aromatic heterocycles. The number of nitrogens with zero attached hydrogens (tertiary/aromatic N) is 2. The molecule has 0 radical (unpaired) electrons. The van der Waals surface area contributed by atoms with Crippen LogP contribution in [0.15, 0.2) is 60.0 Å². The number of hydrogen-bond acceptors (Lipinski definition) is 6. The van der Waals surface area contributed by atoms with E-state index in [1.54, 1.807) is 38.5 Å². The molecule has 0 aliphatic carbocycles. The maximum Gasteiger partial charge on any atom is 0.254 e. The molecule has 4 rings (SSSR count). The van der Waals surface area contributed by atoms with Gasteiger partial charge in [-0.15, -0.1) is 11.3 Å². The highest BCUT2D eigenvalue weighted by atomic mass is 32.1. The molecule has 32 heavy (non-hydrogen) atoms. The van der Waals surface area contributed by atoms with E-state index in [0.29, 0.717) is 29.1 Å². The number of carbonyl (C=O) groups is 2. The van der Waals surface area contributed by atoms with Gasteiger partial charge in [0.25, 0.3) is 5.91 Å². The molecule has 1 saturated heterocycles. The summed E-state index contributed by atoms with van der Waals surface area (Å²) in [7, 11) is 3.31. The number of benzene rings is 2. The fraction of sp³-hybridized carbons (Fsp3) is 0.280. The van der Waals surface area contributed by atoms with Crippen LogP contribution >= 0.6 is 11.3 Å². The SMILES string of the molecule is COc1ccc(OC)c(CN2CCN(C(=O)c3ccccc3C(=O)c3cccs3)CC2)c1. The van der Waals surface area contributed by atoms with Gasteiger partial charge in [0, 0.05) is 43.9 Å². The number of ketones is 1. The molecule has 0 bridgehead atoms. The first kappa shape index (κ1) is 22.0. The van der Waals surface area contributed by atoms with Crippen LogP contribution in [0.25, 0.3) is 0 Å². The number of carbonyl (C=O) groups excluding carboxylic acids is 2. The lowest BCUT2D eigenvalue weighted by molar-refractivity contribution is 0.0624. The zero-order chi connectivity index (χ0) is 22.5. The fourth-order valence-electron chi connectivity index (χ4n) is 3.93. The molecule has 0 saturated carbocycles. The summed E-state index contributed by atoms with van der Waals surface area (Å²) in [4.78, 5) is 30.9. The monoisotopic (exact) mass is 450 g/mol. The number of rotatable bonds is 7. The van der Waals surface area contributed by atoms with Crippen molar-refractivity contribution in [2.75, 3.05) is 40.4 Å². The second-order valence-corrected chi connectivity index (χ2v) is 8.55. The van der Waals surface area contributed by atoms with Gasteiger partial charge in [-0.2, -0.15) is 0 Å². The Hall–Kier alpha value is -3.16. The standard InChI is InChI=1S/C25H26N2O4S/c1-30-19-9-10-22(31-2)18(16-19)17-26-11-13-27(14-12-26)25(29)21-7-4-3-6-20(21)24(28)23-8-5-15-32-23/h3-10,15-16H,11-14,17H2,1-2H3. The van der Waals surface area contributed by atoms with E-state index in [1.807, 2.05) is 40.6 Å². The maximum atomic E-state index is 13.3. The van der Waals surface area contributed by atoms with Crippen molar-refractivity contribution in [3.63, 3.8) is 0 Å². The Balaban J connectivity index is 1.43. The van der Waals surface area contributed by atoms with Gasteiger partial charge < -0.3 is 14.4 Å². The zero-order valence-electron chi connectivity index (χ0n) is 18.2. The van der Waals surface area contributed by atoms with Crippen molar-refractivity contribution < 1.29 is 19.1 Å². The molecule has 166 valence electrons. The van der Waals surface area contributed by atoms with Crippen molar-refractivity contribution in [1.82, 2.24) is 9.80 Å². The van der Waals surface area contributed by atoms with Gasteiger partial charge in [0.05, 0.1) is 24.7 Å². The van der Waals surface area contributed by atoms with E-state index in [0.717, 1.165) is 36.7 Å². The van der Waals surface area contributed by atoms with Crippen molar-refractivity contribution in [3.05, 3.63) is 81.5 Å². The molecule has 7 heteroatoms. The molecular formula is C25H26N2O4S. The molecule has 1 aliphatic heterocycles. The fourth-order valence-corrected chi connectivity index (χ4v) is 4.61. The lowest BCUT2D eigenvalue weighted by atomic mass is 10.0. The summed E-state index contributed by atoms with van der Waals surface area (Å²) in [6.45, 7) is 3.41. The van der Waals surface area contributed by atoms with Crippen LogP contribution < -0.4 is 9.47 Å². The van der Waals surface area contributed by atoms with Crippen LogP contribution in [0.1, 0.15) is 31.2 Å². The molecule has 0 N–H and O–H groups in total. The summed E-state index contributed by atoms with van der Waals surface area (Å²) in [6, 6.07) is 16.5. The Morgan fingerprint density at radius 2 is 1.66 bits per heavy atom. The Morgan fingerprint density at radius 1 is 0.906 bits per heavy atom. The smallest absolute Gasteiger partial charge is 0.254 e. The second-order valence-electron chi connectivity index (χ2n) is 7.60. The average Bonchev–Trinajstić information content (AvgIpc) is 3.38. The van der Waals surface area contributed by atoms with Crippen LogP contribution in [0.4, 0.5) is 0 Å². The van der Waals surface area contributed by atoms with E-state index in [2.05, 4.69) is 4.90 Å². The third kappa shape index (κ3) is 4.69. The summed E-state index contributed by atoms with van der Waals surface area (Å²) >= 11 is 1.39. The average molecular weight is 451 g/mol. The molecule has 1 fully saturated rings. The molecule has 2 heterocycles. The highest BCUT2D eigenvalue weighted by Gasteiger charge is 2.26. The minimum absolute atomic E-state index is 0.0934. The summed E-state index contributed by atoms with van der Waals surface area (Å²) < 4.78 is 10.8. The van der Waals surface area contributed by atoms with E-state index < -0.39 is 0 Å². The highest BCUT2D eigenvalue weighted by molar-refractivity contribution is 7.12. The van der Waals surface area contributed by atoms with Gasteiger partial charge >= 0.3 is 0 Å². The van der Waals surface area contributed by atoms with Gasteiger partial charge in [-0.1, -0.05) is 24.3 Å². The minimum atomic E-state index is -0.104. The number of ether oxygens (including phenoxy) is 2. The highest BCUT2D eigenvalue weighted by Crippen LogP contribution is 2.26. The lowest BCUT2D eigenvalue weighted by Gasteiger charge is -2.35. The molecular weight excluding hydrogens is 424 g/mol. The van der Waals surface area contributed by atoms with Gasteiger partial charge in [0.15, 0.2) is 0 Å². The Kier molecular flexibility index (Phi) is 6.87. The molecule has 0 spiro atoms. The van der Waals surface area contributed by atoms with E-state index in [1.165, 1.54) is 11.3 Å². The third-order valence-corrected chi connectivity index (χ3v) is 6.56. The van der Waals surface area contributed by atoms with Crippen LogP contribution in [0, 0.1) is 0 Å². The largest absolute Gasteiger partial charge is 0.497 e. The number of amides is 1. The Labute approximate surface area is 192 Å². The predicted octanol–water partition coefficient (Wildman–Crippen LogP) is 3.95. The second kappa shape index (κ2) is 9.97. The maximum absolute atomic E-state index is 13.3. The van der Waals surface area contributed by atoms with Crippen LogP contribution in [0.2, 0.25) is 0 Å². The molecule has 0 unspecified atom stereocenters. The van der Waals surface area contributed by atoms with Gasteiger partial charge in [-0.25, -0.2) is 0 Å². The van der Waals surface area contributed by atoms with Crippen molar-refractivity contribution in [2.24, 2.45) is 0 Å². The molecule has 0 atom stereocenters. The summed E-state index contributed by atoms with van der Waals surface area (Å²) in [6.07, 6.45) is 0. The molecule has 1 aliphatic rings. The summed E-state index contributed by atoms with van der Waals surface area (Å²) in [5.41, 5.74) is 1.98. The van der Waals surface area contributed by atoms with Crippen molar-refractivity contribution >= 4 is 23.0 Å². The van der Waals surface area contributed by atoms with Crippen LogP contribution in [-0.4, -0.2) is 61.9 Å². The van der Waals surface area contributed by atoms with Crippen molar-refractivity contribution in [3.8, 4) is 11.5 Å². The van der Waals surface area contributed by atoms with E-state index in [4.69, 9.17) is 9.47 Å². The first-order valence-corrected chi connectivity index (χ1v) is 11.4. The van der Waals surface area contributed by atoms with Crippen LogP contribution in [0.5, 0.6) is 11.5 Å². The normalized spacial score (nSPS) is 14.2. The number of hydrogen-bond donors (Lipinski definition) is 0. The summed E-state index contributed by atoms with van der Waals surface area (Å²) in [5.74, 6) is 1.42. The van der Waals surface area contributed by atoms with Gasteiger partial charge in [0.2, 0.25) is 5.78 Å². The molecule has 6 nitrogen and oxygen atoms in total. The Morgan fingerprint density at radius 3 is 2.31 bits per heavy atom. The van der Waals surface area contributed by atoms with Gasteiger partial charge in [-0.3, -0.25) is 14.5 Å². The number of piperazine rings is 1. The van der Waals surface area contributed by atoms with E-state index in [-0.39, 0.29) is 11.7 Å². The molecule has 1 amide bonds. The molecule has 2 aromatic carbocycles. The minimum Gasteiger partial charge on any atom is -0.497 e. The topological polar surface area (TPSA) is 59.1 Å². The predicted molar refractivity (Wildman–Crippen MR) is 125 cm³/mol. The first-order chi connectivity index (χ1) is 15.6. The zero-order valence-corrected chi connectivity index (χ0v) is 19.1. The van der Waals surface area contributed by atoms with E-state index >= 15 is 0 Å². The first-order valence-electron chi connectivity index (χ1n) is 10.5. The van der Waals surface area contributed by atoms with Gasteiger partial charge in [0.1, 0.15) is 11.5 Å². The quantitative estimate of drug-likeness (QED) is 0.510. The van der Waals surface area contributed by atoms with Crippen LogP contribution in [0.3, 0.4) is 0 Å². The Bertz CT molecular complexity index is 1090. The summed E-state index contributed by atoms with van der Waals surface area (Å²) in [5, 5.41) is 1.87. The van der Waals surface area contributed by atoms with Crippen molar-refractivity contribution in [2.45, 2.75) is 6.54 Å². The van der Waals surface area contributed by atoms with Gasteiger partial charge in [-0.05, 0) is 35.7 Å². The van der Waals surface area contributed by atoms with E-state index in [9.17, 15) is 9.59 Å². The van der Waals surface area contributed by atoms with Crippen molar-refractivity contribution in [1.29, 1.82) is 0 Å². The third-order valence-electron chi connectivity index (χ3n) is 5.69. The number of thiophene rings is 1. The molecule has 3 aromatic rings.